The van der Waals surface area contributed by atoms with Gasteiger partial charge < -0.3 is 15.4 Å². The lowest BCUT2D eigenvalue weighted by molar-refractivity contribution is 0.0530. The number of aromatic nitrogens is 3. The summed E-state index contributed by atoms with van der Waals surface area (Å²) in [5, 5.41) is 7.09. The molecule has 0 bridgehead atoms. The van der Waals surface area contributed by atoms with E-state index >= 15 is 0 Å². The smallest absolute Gasteiger partial charge is 0.341 e. The van der Waals surface area contributed by atoms with E-state index < -0.39 is 26.4 Å². The van der Waals surface area contributed by atoms with E-state index in [2.05, 4.69) is 48.3 Å². The van der Waals surface area contributed by atoms with Crippen LogP contribution in [-0.2, 0) is 16.4 Å². The Kier molecular flexibility index (Phi) is 8.19. The Morgan fingerprint density at radius 3 is 2.44 bits per heavy atom. The largest absolute Gasteiger partial charge is 0.474 e. The Bertz CT molecular complexity index is 1750. The highest BCUT2D eigenvalue weighted by Gasteiger charge is 2.38. The number of pyridine rings is 3. The second kappa shape index (κ2) is 11.6. The number of amides is 1. The number of hydrogen-bond donors (Lipinski definition) is 2. The molecule has 3 aromatic heterocycles. The fourth-order valence-corrected chi connectivity index (χ4v) is 6.36. The lowest BCUT2D eigenvalue weighted by atomic mass is 9.81. The molecule has 1 aliphatic rings. The summed E-state index contributed by atoms with van der Waals surface area (Å²) in [5.74, 6) is -3.64. The van der Waals surface area contributed by atoms with Crippen molar-refractivity contribution < 1.29 is 26.7 Å². The van der Waals surface area contributed by atoms with Crippen LogP contribution in [0.3, 0.4) is 0 Å². The third-order valence-corrected chi connectivity index (χ3v) is 8.57. The Morgan fingerprint density at radius 2 is 1.77 bits per heavy atom. The van der Waals surface area contributed by atoms with E-state index in [1.54, 1.807) is 18.5 Å². The van der Waals surface area contributed by atoms with E-state index in [9.17, 15) is 22.0 Å². The number of nitrogens with zero attached hydrogens (tertiary/aromatic N) is 3. The summed E-state index contributed by atoms with van der Waals surface area (Å²) in [6.07, 6.45) is 5.15. The Balaban J connectivity index is 1.27. The maximum absolute atomic E-state index is 12.9. The molecule has 1 aromatic carbocycles. The minimum absolute atomic E-state index is 0.0182. The van der Waals surface area contributed by atoms with Gasteiger partial charge in [-0.2, -0.15) is 8.78 Å². The van der Waals surface area contributed by atoms with Crippen molar-refractivity contribution in [2.75, 3.05) is 0 Å². The first-order valence-corrected chi connectivity index (χ1v) is 15.3. The van der Waals surface area contributed by atoms with E-state index in [4.69, 9.17) is 9.72 Å². The molecule has 5 rings (SSSR count). The van der Waals surface area contributed by atoms with Gasteiger partial charge in [0.1, 0.15) is 6.10 Å². The number of nitrogens with one attached hydrogen (secondary N) is 2. The zero-order chi connectivity index (χ0) is 31.0. The predicted molar refractivity (Wildman–Crippen MR) is 159 cm³/mol. The van der Waals surface area contributed by atoms with Gasteiger partial charge in [-0.3, -0.25) is 9.78 Å². The first-order chi connectivity index (χ1) is 20.2. The van der Waals surface area contributed by atoms with Gasteiger partial charge in [-0.05, 0) is 70.2 Å². The molecule has 12 heteroatoms. The van der Waals surface area contributed by atoms with E-state index in [-0.39, 0.29) is 29.3 Å². The van der Waals surface area contributed by atoms with Gasteiger partial charge in [0.25, 0.3) is 5.91 Å². The molecule has 226 valence electrons. The van der Waals surface area contributed by atoms with Crippen molar-refractivity contribution in [3.63, 3.8) is 0 Å². The van der Waals surface area contributed by atoms with Crippen LogP contribution >= 0.6 is 0 Å². The maximum atomic E-state index is 12.9. The number of carbonyl (C=O) groups is 1. The van der Waals surface area contributed by atoms with Gasteiger partial charge in [0.05, 0.1) is 28.3 Å². The second-order valence-electron chi connectivity index (χ2n) is 12.0. The number of rotatable bonds is 8. The first-order valence-electron chi connectivity index (χ1n) is 13.8. The highest BCUT2D eigenvalue weighted by molar-refractivity contribution is 7.91. The van der Waals surface area contributed by atoms with Crippen LogP contribution in [0.25, 0.3) is 22.2 Å². The van der Waals surface area contributed by atoms with Crippen molar-refractivity contribution >= 4 is 26.6 Å². The number of piperidine rings is 1. The third-order valence-electron chi connectivity index (χ3n) is 7.19. The highest BCUT2D eigenvalue weighted by Crippen LogP contribution is 2.31. The third kappa shape index (κ3) is 7.14. The number of ether oxygens (including phenoxy) is 1. The minimum Gasteiger partial charge on any atom is -0.474 e. The van der Waals surface area contributed by atoms with Crippen LogP contribution in [0.2, 0.25) is 0 Å². The van der Waals surface area contributed by atoms with Crippen molar-refractivity contribution in [1.29, 1.82) is 0 Å². The van der Waals surface area contributed by atoms with Crippen molar-refractivity contribution in [2.24, 2.45) is 0 Å². The molecule has 0 spiro atoms. The van der Waals surface area contributed by atoms with Crippen molar-refractivity contribution in [3.8, 4) is 17.1 Å². The van der Waals surface area contributed by atoms with Gasteiger partial charge >= 0.3 is 5.76 Å². The Hall–Kier alpha value is -4.03. The zero-order valence-electron chi connectivity index (χ0n) is 24.3. The monoisotopic (exact) mass is 609 g/mol. The molecular weight excluding hydrogens is 576 g/mol. The van der Waals surface area contributed by atoms with Gasteiger partial charge in [0, 0.05) is 58.9 Å². The summed E-state index contributed by atoms with van der Waals surface area (Å²) < 4.78 is 55.6. The van der Waals surface area contributed by atoms with Crippen LogP contribution in [0, 0.1) is 0 Å². The molecule has 1 fully saturated rings. The number of halogens is 2. The average Bonchev–Trinajstić information content (AvgIpc) is 2.94. The molecule has 1 aliphatic heterocycles. The summed E-state index contributed by atoms with van der Waals surface area (Å²) in [6, 6.07) is 13.8. The Labute approximate surface area is 249 Å². The molecule has 9 nitrogen and oxygen atoms in total. The topological polar surface area (TPSA) is 123 Å². The van der Waals surface area contributed by atoms with E-state index in [1.807, 2.05) is 24.3 Å². The molecule has 43 heavy (non-hydrogen) atoms. The van der Waals surface area contributed by atoms with Crippen molar-refractivity contribution in [3.05, 3.63) is 78.2 Å². The molecule has 0 unspecified atom stereocenters. The molecule has 0 saturated carbocycles. The number of carbonyl (C=O) groups excluding carboxylic acids is 1. The molecular formula is C31H33F2N5O4S. The van der Waals surface area contributed by atoms with E-state index in [0.29, 0.717) is 22.8 Å². The summed E-state index contributed by atoms with van der Waals surface area (Å²) >= 11 is 0. The fraction of sp³-hybridized carbons (Fsp3) is 0.355. The molecule has 0 aliphatic carbocycles. The molecule has 4 heterocycles. The summed E-state index contributed by atoms with van der Waals surface area (Å²) in [6.45, 7) is 8.71. The molecule has 4 aromatic rings. The van der Waals surface area contributed by atoms with Gasteiger partial charge in [0.15, 0.2) is 0 Å². The quantitative estimate of drug-likeness (QED) is 0.276. The lowest BCUT2D eigenvalue weighted by Gasteiger charge is -2.46. The van der Waals surface area contributed by atoms with E-state index in [0.717, 1.165) is 35.9 Å². The van der Waals surface area contributed by atoms with Crippen LogP contribution in [0.5, 0.6) is 5.88 Å². The molecule has 0 atom stereocenters. The molecule has 1 amide bonds. The number of sulfone groups is 1. The standard InChI is InChI=1S/C31H33F2N5O4S/c1-30(2)14-23(15-31(3,4)38-30)42-27-11-9-20(17-35-27)25-10-8-21-16-34-22(13-26(21)37-25)18-36-28(39)19-6-5-7-24(12-19)43(40,41)29(32)33/h5-13,16-17,23,29,38H,14-15,18H2,1-4H3,(H,36,39). The number of benzene rings is 1. The van der Waals surface area contributed by atoms with Crippen LogP contribution in [0.4, 0.5) is 8.78 Å². The predicted octanol–water partition coefficient (Wildman–Crippen LogP) is 5.31. The van der Waals surface area contributed by atoms with Gasteiger partial charge in [-0.25, -0.2) is 18.4 Å². The zero-order valence-corrected chi connectivity index (χ0v) is 25.1. The normalized spacial score (nSPS) is 16.7. The number of alkyl halides is 2. The molecule has 1 saturated heterocycles. The molecule has 0 radical (unpaired) electrons. The van der Waals surface area contributed by atoms with Crippen LogP contribution in [0.15, 0.2) is 71.9 Å². The maximum Gasteiger partial charge on any atom is 0.341 e. The summed E-state index contributed by atoms with van der Waals surface area (Å²) in [4.78, 5) is 25.6. The van der Waals surface area contributed by atoms with Crippen LogP contribution in [-0.4, -0.2) is 52.2 Å². The first kappa shape index (κ1) is 30.4. The average molecular weight is 610 g/mol. The number of fused-ring (bicyclic) bond motifs is 1. The summed E-state index contributed by atoms with van der Waals surface area (Å²) in [5.41, 5.74) is 2.54. The highest BCUT2D eigenvalue weighted by atomic mass is 32.2. The van der Waals surface area contributed by atoms with E-state index in [1.165, 1.54) is 12.1 Å². The SMILES string of the molecule is CC1(C)CC(Oc2ccc(-c3ccc4cnc(CNC(=O)c5cccc(S(=O)(=O)C(F)F)c5)cc4n3)cn2)CC(C)(C)N1. The fourth-order valence-electron chi connectivity index (χ4n) is 5.59. The molecule has 2 N–H and O–H groups in total. The van der Waals surface area contributed by atoms with Crippen molar-refractivity contribution in [2.45, 2.75) is 74.9 Å². The van der Waals surface area contributed by atoms with Gasteiger partial charge in [-0.15, -0.1) is 0 Å². The Morgan fingerprint density at radius 1 is 1.02 bits per heavy atom. The minimum atomic E-state index is -4.82. The van der Waals surface area contributed by atoms with Gasteiger partial charge in [-0.1, -0.05) is 6.07 Å². The van der Waals surface area contributed by atoms with Crippen molar-refractivity contribution in [1.82, 2.24) is 25.6 Å². The van der Waals surface area contributed by atoms with Crippen LogP contribution < -0.4 is 15.4 Å². The summed E-state index contributed by atoms with van der Waals surface area (Å²) in [7, 11) is -4.82. The number of hydrogen-bond acceptors (Lipinski definition) is 8. The lowest BCUT2D eigenvalue weighted by Crippen LogP contribution is -2.60. The second-order valence-corrected chi connectivity index (χ2v) is 13.9. The van der Waals surface area contributed by atoms with Gasteiger partial charge in [0.2, 0.25) is 15.7 Å². The van der Waals surface area contributed by atoms with Crippen LogP contribution in [0.1, 0.15) is 56.6 Å².